The Morgan fingerprint density at radius 2 is 2.23 bits per heavy atom. The van der Waals surface area contributed by atoms with Gasteiger partial charge in [0.2, 0.25) is 11.8 Å². The van der Waals surface area contributed by atoms with Gasteiger partial charge >= 0.3 is 0 Å². The van der Waals surface area contributed by atoms with Crippen LogP contribution in [0, 0.1) is 0 Å². The van der Waals surface area contributed by atoms with E-state index >= 15 is 0 Å². The summed E-state index contributed by atoms with van der Waals surface area (Å²) in [5, 5.41) is 5.72. The molecule has 0 saturated heterocycles. The molecule has 136 valence electrons. The molecule has 9 heteroatoms. The molecule has 2 amide bonds. The molecule has 3 rings (SSSR count). The van der Waals surface area contributed by atoms with Gasteiger partial charge in [0.25, 0.3) is 5.56 Å². The normalized spacial score (nSPS) is 15.8. The lowest BCUT2D eigenvalue weighted by Gasteiger charge is -2.23. The number of aromatic nitrogens is 2. The summed E-state index contributed by atoms with van der Waals surface area (Å²) in [6.07, 6.45) is -0.117. The van der Waals surface area contributed by atoms with Crippen molar-refractivity contribution in [2.45, 2.75) is 24.4 Å². The first kappa shape index (κ1) is 18.0. The standard InChI is InChI=1S/C17H18N4O4S/c1-3-26-17-20-14-13(16(24)21-17)11(8-12(22)19-14)15(23)18-9-5-4-6-10(7-9)25-2/h4-7,11H,3,8H2,1-2H3,(H,18,23)(H2,19,20,21,22,24). The van der Waals surface area contributed by atoms with Gasteiger partial charge in [-0.1, -0.05) is 24.8 Å². The van der Waals surface area contributed by atoms with Crippen molar-refractivity contribution in [3.05, 3.63) is 40.2 Å². The molecular weight excluding hydrogens is 356 g/mol. The number of amides is 2. The van der Waals surface area contributed by atoms with Gasteiger partial charge in [-0.2, -0.15) is 0 Å². The summed E-state index contributed by atoms with van der Waals surface area (Å²) in [5.74, 6) is -0.263. The number of thioether (sulfide) groups is 1. The van der Waals surface area contributed by atoms with Crippen LogP contribution < -0.4 is 20.9 Å². The molecule has 0 radical (unpaired) electrons. The maximum Gasteiger partial charge on any atom is 0.257 e. The van der Waals surface area contributed by atoms with Crippen LogP contribution in [0.2, 0.25) is 0 Å². The fourth-order valence-electron chi connectivity index (χ4n) is 2.71. The predicted molar refractivity (Wildman–Crippen MR) is 98.9 cm³/mol. The lowest BCUT2D eigenvalue weighted by atomic mass is 9.92. The van der Waals surface area contributed by atoms with Crippen molar-refractivity contribution in [2.24, 2.45) is 0 Å². The quantitative estimate of drug-likeness (QED) is 0.545. The van der Waals surface area contributed by atoms with Crippen molar-refractivity contribution in [2.75, 3.05) is 23.5 Å². The molecule has 0 spiro atoms. The number of fused-ring (bicyclic) bond motifs is 1. The number of carbonyl (C=O) groups is 2. The number of carbonyl (C=O) groups excluding carboxylic acids is 2. The average molecular weight is 374 g/mol. The van der Waals surface area contributed by atoms with Crippen LogP contribution in [0.5, 0.6) is 5.75 Å². The van der Waals surface area contributed by atoms with Crippen LogP contribution in [-0.2, 0) is 9.59 Å². The largest absolute Gasteiger partial charge is 0.497 e. The number of methoxy groups -OCH3 is 1. The van der Waals surface area contributed by atoms with E-state index in [-0.39, 0.29) is 23.7 Å². The number of rotatable bonds is 5. The third kappa shape index (κ3) is 3.72. The minimum Gasteiger partial charge on any atom is -0.497 e. The number of H-pyrrole nitrogens is 1. The zero-order valence-corrected chi connectivity index (χ0v) is 15.1. The second kappa shape index (κ2) is 7.61. The van der Waals surface area contributed by atoms with Crippen LogP contribution in [-0.4, -0.2) is 34.6 Å². The average Bonchev–Trinajstić information content (AvgIpc) is 2.61. The molecular formula is C17H18N4O4S. The summed E-state index contributed by atoms with van der Waals surface area (Å²) < 4.78 is 5.13. The van der Waals surface area contributed by atoms with E-state index in [1.807, 2.05) is 6.92 Å². The number of hydrogen-bond donors (Lipinski definition) is 3. The lowest BCUT2D eigenvalue weighted by Crippen LogP contribution is -2.36. The number of nitrogens with zero attached hydrogens (tertiary/aromatic N) is 1. The zero-order chi connectivity index (χ0) is 18.7. The number of ether oxygens (including phenoxy) is 1. The highest BCUT2D eigenvalue weighted by Gasteiger charge is 2.34. The Morgan fingerprint density at radius 1 is 1.42 bits per heavy atom. The summed E-state index contributed by atoms with van der Waals surface area (Å²) in [6, 6.07) is 6.85. The van der Waals surface area contributed by atoms with Crippen molar-refractivity contribution in [1.82, 2.24) is 9.97 Å². The Morgan fingerprint density at radius 3 is 2.96 bits per heavy atom. The molecule has 2 aromatic rings. The van der Waals surface area contributed by atoms with Gasteiger partial charge in [-0.25, -0.2) is 4.98 Å². The SMILES string of the molecule is CCSc1nc2c(c(=O)[nH]1)C(C(=O)Nc1cccc(OC)c1)CC(=O)N2. The molecule has 1 aromatic heterocycles. The Balaban J connectivity index is 1.92. The third-order valence-corrected chi connectivity index (χ3v) is 4.62. The van der Waals surface area contributed by atoms with E-state index in [9.17, 15) is 14.4 Å². The molecule has 0 fully saturated rings. The van der Waals surface area contributed by atoms with Gasteiger partial charge in [0.1, 0.15) is 11.6 Å². The van der Waals surface area contributed by atoms with Crippen molar-refractivity contribution in [3.8, 4) is 5.75 Å². The van der Waals surface area contributed by atoms with E-state index < -0.39 is 17.4 Å². The van der Waals surface area contributed by atoms with Gasteiger partial charge < -0.3 is 20.4 Å². The Bertz CT molecular complexity index is 912. The number of hydrogen-bond acceptors (Lipinski definition) is 6. The smallest absolute Gasteiger partial charge is 0.257 e. The molecule has 1 atom stereocenters. The Kier molecular flexibility index (Phi) is 5.27. The molecule has 26 heavy (non-hydrogen) atoms. The van der Waals surface area contributed by atoms with E-state index in [1.165, 1.54) is 18.9 Å². The van der Waals surface area contributed by atoms with Crippen molar-refractivity contribution < 1.29 is 14.3 Å². The number of anilines is 2. The minimum atomic E-state index is -0.915. The topological polar surface area (TPSA) is 113 Å². The number of nitrogens with one attached hydrogen (secondary N) is 3. The van der Waals surface area contributed by atoms with Crippen LogP contribution in [0.15, 0.2) is 34.2 Å². The molecule has 0 bridgehead atoms. The first-order valence-electron chi connectivity index (χ1n) is 8.03. The fourth-order valence-corrected chi connectivity index (χ4v) is 3.30. The van der Waals surface area contributed by atoms with Crippen LogP contribution in [0.4, 0.5) is 11.5 Å². The van der Waals surface area contributed by atoms with Gasteiger partial charge in [0.05, 0.1) is 18.6 Å². The number of aromatic amines is 1. The molecule has 2 heterocycles. The molecule has 1 aliphatic heterocycles. The van der Waals surface area contributed by atoms with Gasteiger partial charge in [0.15, 0.2) is 5.16 Å². The van der Waals surface area contributed by atoms with Crippen LogP contribution >= 0.6 is 11.8 Å². The summed E-state index contributed by atoms with van der Waals surface area (Å²) >= 11 is 1.35. The highest BCUT2D eigenvalue weighted by atomic mass is 32.2. The lowest BCUT2D eigenvalue weighted by molar-refractivity contribution is -0.123. The predicted octanol–water partition coefficient (Wildman–Crippen LogP) is 1.95. The first-order valence-corrected chi connectivity index (χ1v) is 9.02. The molecule has 1 aromatic carbocycles. The first-order chi connectivity index (χ1) is 12.5. The molecule has 1 aliphatic rings. The van der Waals surface area contributed by atoms with E-state index in [0.29, 0.717) is 16.6 Å². The summed E-state index contributed by atoms with van der Waals surface area (Å²) in [4.78, 5) is 44.1. The molecule has 0 aliphatic carbocycles. The summed E-state index contributed by atoms with van der Waals surface area (Å²) in [7, 11) is 1.53. The molecule has 3 N–H and O–H groups in total. The molecule has 1 unspecified atom stereocenters. The van der Waals surface area contributed by atoms with E-state index in [4.69, 9.17) is 4.74 Å². The van der Waals surface area contributed by atoms with Crippen molar-refractivity contribution in [3.63, 3.8) is 0 Å². The van der Waals surface area contributed by atoms with Gasteiger partial charge in [-0.3, -0.25) is 14.4 Å². The van der Waals surface area contributed by atoms with Gasteiger partial charge in [-0.15, -0.1) is 0 Å². The highest BCUT2D eigenvalue weighted by Crippen LogP contribution is 2.30. The second-order valence-corrected chi connectivity index (χ2v) is 6.85. The maximum atomic E-state index is 12.7. The molecule has 0 saturated carbocycles. The zero-order valence-electron chi connectivity index (χ0n) is 14.3. The van der Waals surface area contributed by atoms with E-state index in [0.717, 1.165) is 5.75 Å². The van der Waals surface area contributed by atoms with E-state index in [1.54, 1.807) is 24.3 Å². The highest BCUT2D eigenvalue weighted by molar-refractivity contribution is 7.99. The monoisotopic (exact) mass is 374 g/mol. The van der Waals surface area contributed by atoms with Crippen molar-refractivity contribution >= 4 is 35.1 Å². The van der Waals surface area contributed by atoms with Crippen LogP contribution in [0.1, 0.15) is 24.8 Å². The van der Waals surface area contributed by atoms with Crippen molar-refractivity contribution in [1.29, 1.82) is 0 Å². The summed E-state index contributed by atoms with van der Waals surface area (Å²) in [5.41, 5.74) is 0.270. The molecule has 8 nitrogen and oxygen atoms in total. The van der Waals surface area contributed by atoms with E-state index in [2.05, 4.69) is 20.6 Å². The minimum absolute atomic E-state index is 0.117. The van der Waals surface area contributed by atoms with Crippen LogP contribution in [0.25, 0.3) is 0 Å². The fraction of sp³-hybridized carbons (Fsp3) is 0.294. The van der Waals surface area contributed by atoms with Crippen LogP contribution in [0.3, 0.4) is 0 Å². The Hall–Kier alpha value is -2.81. The summed E-state index contributed by atoms with van der Waals surface area (Å²) in [6.45, 7) is 1.92. The second-order valence-electron chi connectivity index (χ2n) is 5.59. The number of benzene rings is 1. The van der Waals surface area contributed by atoms with Gasteiger partial charge in [-0.05, 0) is 17.9 Å². The maximum absolute atomic E-state index is 12.7. The van der Waals surface area contributed by atoms with Gasteiger partial charge in [0, 0.05) is 18.2 Å². The third-order valence-electron chi connectivity index (χ3n) is 3.86. The Labute approximate surface area is 153 Å².